The zero-order chi connectivity index (χ0) is 21.6. The zero-order valence-corrected chi connectivity index (χ0v) is 18.1. The summed E-state index contributed by atoms with van der Waals surface area (Å²) >= 11 is 6.34. The van der Waals surface area contributed by atoms with Crippen molar-refractivity contribution < 1.29 is 23.4 Å². The quantitative estimate of drug-likeness (QED) is 0.649. The van der Waals surface area contributed by atoms with Crippen LogP contribution < -0.4 is 14.8 Å². The van der Waals surface area contributed by atoms with E-state index in [1.54, 1.807) is 18.2 Å². The van der Waals surface area contributed by atoms with Crippen molar-refractivity contribution >= 4 is 17.5 Å². The van der Waals surface area contributed by atoms with Crippen LogP contribution in [-0.2, 0) is 10.2 Å². The lowest BCUT2D eigenvalue weighted by atomic mass is 9.74. The Morgan fingerprint density at radius 2 is 2.03 bits per heavy atom. The zero-order valence-electron chi connectivity index (χ0n) is 17.3. The van der Waals surface area contributed by atoms with Gasteiger partial charge in [0.05, 0.1) is 18.7 Å². The molecule has 0 aliphatic carbocycles. The van der Waals surface area contributed by atoms with Gasteiger partial charge in [-0.2, -0.15) is 0 Å². The van der Waals surface area contributed by atoms with Crippen LogP contribution in [0.4, 0.5) is 4.39 Å². The van der Waals surface area contributed by atoms with Crippen molar-refractivity contribution in [2.75, 3.05) is 33.5 Å². The number of ether oxygens (including phenoxy) is 3. The smallest absolute Gasteiger partial charge is 0.251 e. The van der Waals surface area contributed by atoms with Gasteiger partial charge in [-0.3, -0.25) is 4.79 Å². The number of methoxy groups -OCH3 is 1. The number of benzene rings is 2. The third-order valence-electron chi connectivity index (χ3n) is 5.42. The maximum absolute atomic E-state index is 13.9. The summed E-state index contributed by atoms with van der Waals surface area (Å²) in [4.78, 5) is 12.9. The molecule has 0 radical (unpaired) electrons. The predicted molar refractivity (Wildman–Crippen MR) is 114 cm³/mol. The average Bonchev–Trinajstić information content (AvgIpc) is 2.76. The van der Waals surface area contributed by atoms with Crippen LogP contribution in [0, 0.1) is 5.82 Å². The van der Waals surface area contributed by atoms with Crippen LogP contribution in [0.25, 0.3) is 0 Å². The SMILES string of the molecule is CCCOc1c(Cl)cc(C(=O)NCC2(c3cccc(F)c3)CCOCC2)cc1OC. The Morgan fingerprint density at radius 3 is 2.70 bits per heavy atom. The van der Waals surface area contributed by atoms with Gasteiger partial charge in [0, 0.05) is 30.7 Å². The molecular weight excluding hydrogens is 409 g/mol. The van der Waals surface area contributed by atoms with Gasteiger partial charge in [0.15, 0.2) is 11.5 Å². The highest BCUT2D eigenvalue weighted by Gasteiger charge is 2.35. The van der Waals surface area contributed by atoms with E-state index in [0.29, 0.717) is 61.3 Å². The molecule has 1 amide bonds. The van der Waals surface area contributed by atoms with Crippen LogP contribution in [0.5, 0.6) is 11.5 Å². The molecule has 0 unspecified atom stereocenters. The highest BCUT2D eigenvalue weighted by Crippen LogP contribution is 2.37. The van der Waals surface area contributed by atoms with Crippen LogP contribution in [-0.4, -0.2) is 39.4 Å². The summed E-state index contributed by atoms with van der Waals surface area (Å²) in [5.74, 6) is 0.272. The molecule has 3 rings (SSSR count). The van der Waals surface area contributed by atoms with E-state index < -0.39 is 0 Å². The number of hydrogen-bond donors (Lipinski definition) is 1. The fourth-order valence-electron chi connectivity index (χ4n) is 3.69. The monoisotopic (exact) mass is 435 g/mol. The van der Waals surface area contributed by atoms with Crippen molar-refractivity contribution in [1.82, 2.24) is 5.32 Å². The number of carbonyl (C=O) groups excluding carboxylic acids is 1. The molecule has 2 aromatic rings. The maximum Gasteiger partial charge on any atom is 0.251 e. The van der Waals surface area contributed by atoms with Crippen LogP contribution in [0.15, 0.2) is 36.4 Å². The van der Waals surface area contributed by atoms with Gasteiger partial charge in [0.25, 0.3) is 5.91 Å². The first kappa shape index (κ1) is 22.4. The normalized spacial score (nSPS) is 15.5. The van der Waals surface area contributed by atoms with Crippen molar-refractivity contribution in [3.8, 4) is 11.5 Å². The number of halogens is 2. The predicted octanol–water partition coefficient (Wildman–Crippen LogP) is 4.75. The molecule has 1 N–H and O–H groups in total. The van der Waals surface area contributed by atoms with Gasteiger partial charge in [-0.05, 0) is 49.1 Å². The van der Waals surface area contributed by atoms with Gasteiger partial charge < -0.3 is 19.5 Å². The van der Waals surface area contributed by atoms with Crippen LogP contribution in [0.2, 0.25) is 5.02 Å². The number of nitrogens with one attached hydrogen (secondary N) is 1. The molecule has 0 bridgehead atoms. The average molecular weight is 436 g/mol. The van der Waals surface area contributed by atoms with E-state index in [-0.39, 0.29) is 17.1 Å². The maximum atomic E-state index is 13.9. The molecule has 1 aliphatic rings. The molecule has 162 valence electrons. The lowest BCUT2D eigenvalue weighted by Gasteiger charge is -2.38. The van der Waals surface area contributed by atoms with E-state index in [9.17, 15) is 9.18 Å². The van der Waals surface area contributed by atoms with E-state index in [0.717, 1.165) is 12.0 Å². The highest BCUT2D eigenvalue weighted by atomic mass is 35.5. The van der Waals surface area contributed by atoms with Gasteiger partial charge in [0.2, 0.25) is 0 Å². The van der Waals surface area contributed by atoms with Gasteiger partial charge in [-0.1, -0.05) is 30.7 Å². The lowest BCUT2D eigenvalue weighted by Crippen LogP contribution is -2.44. The minimum absolute atomic E-state index is 0.278. The van der Waals surface area contributed by atoms with Crippen LogP contribution >= 0.6 is 11.6 Å². The van der Waals surface area contributed by atoms with E-state index in [4.69, 9.17) is 25.8 Å². The molecule has 1 heterocycles. The van der Waals surface area contributed by atoms with E-state index >= 15 is 0 Å². The molecule has 1 aliphatic heterocycles. The van der Waals surface area contributed by atoms with Crippen molar-refractivity contribution in [3.63, 3.8) is 0 Å². The number of amides is 1. The molecule has 0 aromatic heterocycles. The number of carbonyl (C=O) groups is 1. The first-order chi connectivity index (χ1) is 14.5. The molecular formula is C23H27ClFNO4. The second-order valence-corrected chi connectivity index (χ2v) is 7.83. The molecule has 0 spiro atoms. The summed E-state index contributed by atoms with van der Waals surface area (Å²) in [6, 6.07) is 9.75. The fraction of sp³-hybridized carbons (Fsp3) is 0.435. The summed E-state index contributed by atoms with van der Waals surface area (Å²) in [5, 5.41) is 3.32. The summed E-state index contributed by atoms with van der Waals surface area (Å²) < 4.78 is 30.4. The van der Waals surface area contributed by atoms with Gasteiger partial charge >= 0.3 is 0 Å². The Kier molecular flexibility index (Phi) is 7.56. The minimum Gasteiger partial charge on any atom is -0.493 e. The van der Waals surface area contributed by atoms with Gasteiger partial charge in [0.1, 0.15) is 5.82 Å². The Balaban J connectivity index is 1.80. The van der Waals surface area contributed by atoms with Crippen molar-refractivity contribution in [2.45, 2.75) is 31.6 Å². The van der Waals surface area contributed by atoms with Crippen LogP contribution in [0.1, 0.15) is 42.1 Å². The summed E-state index contributed by atoms with van der Waals surface area (Å²) in [5.41, 5.74) is 0.862. The van der Waals surface area contributed by atoms with Crippen molar-refractivity contribution in [1.29, 1.82) is 0 Å². The number of hydrogen-bond acceptors (Lipinski definition) is 4. The Morgan fingerprint density at radius 1 is 1.27 bits per heavy atom. The Hall–Kier alpha value is -2.31. The third-order valence-corrected chi connectivity index (χ3v) is 5.70. The first-order valence-electron chi connectivity index (χ1n) is 10.1. The molecule has 1 saturated heterocycles. The van der Waals surface area contributed by atoms with Crippen LogP contribution in [0.3, 0.4) is 0 Å². The fourth-order valence-corrected chi connectivity index (χ4v) is 3.96. The molecule has 30 heavy (non-hydrogen) atoms. The largest absolute Gasteiger partial charge is 0.493 e. The summed E-state index contributed by atoms with van der Waals surface area (Å²) in [6.45, 7) is 3.99. The molecule has 0 saturated carbocycles. The van der Waals surface area contributed by atoms with Gasteiger partial charge in [-0.25, -0.2) is 4.39 Å². The Bertz CT molecular complexity index is 884. The first-order valence-corrected chi connectivity index (χ1v) is 10.5. The van der Waals surface area contributed by atoms with Crippen molar-refractivity contribution in [2.24, 2.45) is 0 Å². The topological polar surface area (TPSA) is 56.8 Å². The highest BCUT2D eigenvalue weighted by molar-refractivity contribution is 6.32. The molecule has 1 fully saturated rings. The minimum atomic E-state index is -0.381. The molecule has 5 nitrogen and oxygen atoms in total. The molecule has 2 aromatic carbocycles. The number of rotatable bonds is 8. The second kappa shape index (κ2) is 10.1. The summed E-state index contributed by atoms with van der Waals surface area (Å²) in [7, 11) is 1.51. The molecule has 0 atom stereocenters. The Labute approximate surface area is 181 Å². The third kappa shape index (κ3) is 5.05. The van der Waals surface area contributed by atoms with E-state index in [2.05, 4.69) is 5.32 Å². The standard InChI is InChI=1S/C23H27ClFNO4/c1-3-9-30-21-19(24)12-16(13-20(21)28-2)22(27)26-15-23(7-10-29-11-8-23)17-5-4-6-18(25)14-17/h4-6,12-14H,3,7-11,15H2,1-2H3,(H,26,27). The van der Waals surface area contributed by atoms with Gasteiger partial charge in [-0.15, -0.1) is 0 Å². The lowest BCUT2D eigenvalue weighted by molar-refractivity contribution is 0.0486. The second-order valence-electron chi connectivity index (χ2n) is 7.42. The van der Waals surface area contributed by atoms with E-state index in [1.807, 2.05) is 13.0 Å². The van der Waals surface area contributed by atoms with Crippen molar-refractivity contribution in [3.05, 3.63) is 58.4 Å². The summed E-state index contributed by atoms with van der Waals surface area (Å²) in [6.07, 6.45) is 2.23. The van der Waals surface area contributed by atoms with E-state index in [1.165, 1.54) is 19.2 Å². The molecule has 7 heteroatoms.